The second kappa shape index (κ2) is 9.88. The maximum Gasteiger partial charge on any atom is 0.269 e. The van der Waals surface area contributed by atoms with Crippen LogP contribution in [0.15, 0.2) is 89.8 Å². The molecule has 160 valence electrons. The summed E-state index contributed by atoms with van der Waals surface area (Å²) in [5, 5.41) is 0. The molecule has 0 saturated heterocycles. The van der Waals surface area contributed by atoms with Gasteiger partial charge in [0.2, 0.25) is 0 Å². The molecule has 2 aromatic carbocycles. The van der Waals surface area contributed by atoms with Crippen LogP contribution >= 0.6 is 15.9 Å². The van der Waals surface area contributed by atoms with Gasteiger partial charge in [-0.25, -0.2) is 15.0 Å². The first-order valence-corrected chi connectivity index (χ1v) is 10.6. The van der Waals surface area contributed by atoms with E-state index in [2.05, 4.69) is 41.7 Å². The summed E-state index contributed by atoms with van der Waals surface area (Å²) in [6, 6.07) is 22.6. The van der Waals surface area contributed by atoms with E-state index in [-0.39, 0.29) is 17.4 Å². The molecule has 0 spiro atoms. The minimum atomic E-state index is -0.317. The topological polar surface area (TPSA) is 109 Å². The Kier molecular flexibility index (Phi) is 6.57. The van der Waals surface area contributed by atoms with Crippen LogP contribution in [-0.4, -0.2) is 20.9 Å². The van der Waals surface area contributed by atoms with Crippen molar-refractivity contribution in [2.45, 2.75) is 6.54 Å². The molecule has 0 unspecified atom stereocenters. The van der Waals surface area contributed by atoms with Gasteiger partial charge in [0.25, 0.3) is 5.91 Å². The van der Waals surface area contributed by atoms with Crippen LogP contribution in [0, 0.1) is 0 Å². The number of aromatic nitrogens is 3. The van der Waals surface area contributed by atoms with Crippen molar-refractivity contribution in [2.24, 2.45) is 0 Å². The van der Waals surface area contributed by atoms with Crippen molar-refractivity contribution in [3.8, 4) is 0 Å². The number of nitrogens with two attached hydrogens (primary N) is 1. The minimum Gasteiger partial charge on any atom is -0.393 e. The molecule has 0 saturated carbocycles. The molecule has 4 rings (SSSR count). The first-order chi connectivity index (χ1) is 15.6. The van der Waals surface area contributed by atoms with Crippen molar-refractivity contribution in [3.63, 3.8) is 0 Å². The third-order valence-corrected chi connectivity index (χ3v) is 5.16. The lowest BCUT2D eigenvalue weighted by molar-refractivity contribution is 0.0962. The molecule has 0 bridgehead atoms. The average Bonchev–Trinajstić information content (AvgIpc) is 2.83. The highest BCUT2D eigenvalue weighted by Gasteiger charge is 2.19. The Morgan fingerprint density at radius 2 is 1.69 bits per heavy atom. The smallest absolute Gasteiger partial charge is 0.269 e. The lowest BCUT2D eigenvalue weighted by Crippen LogP contribution is -2.30. The maximum absolute atomic E-state index is 12.4. The van der Waals surface area contributed by atoms with E-state index in [0.29, 0.717) is 23.7 Å². The summed E-state index contributed by atoms with van der Waals surface area (Å²) in [5.74, 6) is 1.13. The van der Waals surface area contributed by atoms with Crippen LogP contribution in [0.25, 0.3) is 0 Å². The molecular formula is C23H20BrN7O. The molecule has 0 aliphatic heterocycles. The second-order valence-electron chi connectivity index (χ2n) is 6.81. The third-order valence-electron chi connectivity index (χ3n) is 4.63. The van der Waals surface area contributed by atoms with Crippen molar-refractivity contribution in [1.29, 1.82) is 0 Å². The second-order valence-corrected chi connectivity index (χ2v) is 7.72. The highest BCUT2D eigenvalue weighted by molar-refractivity contribution is 9.10. The number of anilines is 4. The van der Waals surface area contributed by atoms with Gasteiger partial charge in [-0.3, -0.25) is 15.6 Å². The first-order valence-electron chi connectivity index (χ1n) is 9.76. The van der Waals surface area contributed by atoms with Gasteiger partial charge in [-0.05, 0) is 42.0 Å². The van der Waals surface area contributed by atoms with E-state index in [4.69, 9.17) is 5.73 Å². The molecule has 32 heavy (non-hydrogen) atoms. The highest BCUT2D eigenvalue weighted by atomic mass is 79.9. The van der Waals surface area contributed by atoms with Gasteiger partial charge in [0.05, 0.1) is 6.54 Å². The predicted octanol–water partition coefficient (Wildman–Crippen LogP) is 4.31. The van der Waals surface area contributed by atoms with Gasteiger partial charge in [-0.2, -0.15) is 0 Å². The number of nitrogen functional groups attached to an aromatic ring is 1. The van der Waals surface area contributed by atoms with Gasteiger partial charge >= 0.3 is 0 Å². The van der Waals surface area contributed by atoms with Gasteiger partial charge in [-0.1, -0.05) is 52.3 Å². The van der Waals surface area contributed by atoms with Crippen LogP contribution in [0.4, 0.5) is 23.1 Å². The number of pyridine rings is 1. The Bertz CT molecular complexity index is 1190. The fourth-order valence-electron chi connectivity index (χ4n) is 3.03. The number of amides is 1. The summed E-state index contributed by atoms with van der Waals surface area (Å²) < 4.78 is 0.889. The molecule has 4 N–H and O–H groups in total. The zero-order chi connectivity index (χ0) is 22.3. The number of hydrogen-bond acceptors (Lipinski definition) is 7. The molecule has 2 heterocycles. The Morgan fingerprint density at radius 3 is 2.41 bits per heavy atom. The van der Waals surface area contributed by atoms with Crippen LogP contribution in [0.2, 0.25) is 0 Å². The predicted molar refractivity (Wildman–Crippen MR) is 128 cm³/mol. The zero-order valence-corrected chi connectivity index (χ0v) is 18.5. The number of rotatable bonds is 7. The van der Waals surface area contributed by atoms with Crippen molar-refractivity contribution >= 4 is 45.0 Å². The lowest BCUT2D eigenvalue weighted by atomic mass is 10.2. The van der Waals surface area contributed by atoms with Crippen molar-refractivity contribution in [1.82, 2.24) is 20.4 Å². The standard InChI is InChI=1S/C23H20BrN7O/c24-18-11-9-17(10-12-18)23(32)30-29-21-20(25)22(28-15-27-21)31(19-8-4-5-13-26-19)14-16-6-2-1-3-7-16/h1-13,15H,14,25H2,(H,30,32)(H,27,28,29). The number of hydrazine groups is 1. The molecule has 4 aromatic rings. The number of carbonyl (C=O) groups excluding carboxylic acids is 1. The minimum absolute atomic E-state index is 0.283. The zero-order valence-electron chi connectivity index (χ0n) is 16.9. The van der Waals surface area contributed by atoms with E-state index in [1.165, 1.54) is 6.33 Å². The van der Waals surface area contributed by atoms with Gasteiger partial charge in [0, 0.05) is 16.2 Å². The number of hydrogen-bond donors (Lipinski definition) is 3. The molecule has 0 aliphatic carbocycles. The number of nitrogens with zero attached hydrogens (tertiary/aromatic N) is 4. The van der Waals surface area contributed by atoms with Gasteiger partial charge < -0.3 is 10.6 Å². The molecule has 0 aliphatic rings. The largest absolute Gasteiger partial charge is 0.393 e. The van der Waals surface area contributed by atoms with Crippen LogP contribution in [-0.2, 0) is 6.54 Å². The maximum atomic E-state index is 12.4. The highest BCUT2D eigenvalue weighted by Crippen LogP contribution is 2.31. The summed E-state index contributed by atoms with van der Waals surface area (Å²) in [7, 11) is 0. The van der Waals surface area contributed by atoms with Crippen LogP contribution < -0.4 is 21.5 Å². The number of halogens is 1. The van der Waals surface area contributed by atoms with E-state index < -0.39 is 0 Å². The van der Waals surface area contributed by atoms with E-state index in [9.17, 15) is 4.79 Å². The van der Waals surface area contributed by atoms with Crippen LogP contribution in [0.5, 0.6) is 0 Å². The first kappa shape index (κ1) is 21.3. The molecule has 2 aromatic heterocycles. The molecular weight excluding hydrogens is 470 g/mol. The Morgan fingerprint density at radius 1 is 0.938 bits per heavy atom. The molecule has 8 nitrogen and oxygen atoms in total. The van der Waals surface area contributed by atoms with E-state index in [0.717, 1.165) is 10.0 Å². The monoisotopic (exact) mass is 489 g/mol. The lowest BCUT2D eigenvalue weighted by Gasteiger charge is -2.24. The quantitative estimate of drug-likeness (QED) is 0.331. The fraction of sp³-hybridized carbons (Fsp3) is 0.0435. The molecule has 1 amide bonds. The summed E-state index contributed by atoms with van der Waals surface area (Å²) in [6.45, 7) is 0.504. The van der Waals surface area contributed by atoms with Gasteiger partial charge in [-0.15, -0.1) is 0 Å². The van der Waals surface area contributed by atoms with Crippen molar-refractivity contribution in [2.75, 3.05) is 16.1 Å². The van der Waals surface area contributed by atoms with Crippen LogP contribution in [0.3, 0.4) is 0 Å². The number of nitrogens with one attached hydrogen (secondary N) is 2. The molecule has 0 fully saturated rings. The SMILES string of the molecule is Nc1c(NNC(=O)c2ccc(Br)cc2)ncnc1N(Cc1ccccc1)c1ccccn1. The van der Waals surface area contributed by atoms with Crippen molar-refractivity contribution < 1.29 is 4.79 Å². The van der Waals surface area contributed by atoms with Gasteiger partial charge in [0.1, 0.15) is 17.8 Å². The third kappa shape index (κ3) is 5.01. The van der Waals surface area contributed by atoms with Crippen LogP contribution in [0.1, 0.15) is 15.9 Å². The summed E-state index contributed by atoms with van der Waals surface area (Å²) in [5.41, 5.74) is 13.7. The Hall–Kier alpha value is -3.98. The normalized spacial score (nSPS) is 10.4. The molecule has 9 heteroatoms. The summed E-state index contributed by atoms with van der Waals surface area (Å²) in [6.07, 6.45) is 3.10. The Labute approximate surface area is 193 Å². The number of benzene rings is 2. The summed E-state index contributed by atoms with van der Waals surface area (Å²) >= 11 is 3.35. The van der Waals surface area contributed by atoms with E-state index in [1.807, 2.05) is 53.4 Å². The van der Waals surface area contributed by atoms with Gasteiger partial charge in [0.15, 0.2) is 11.6 Å². The summed E-state index contributed by atoms with van der Waals surface area (Å²) in [4.78, 5) is 27.4. The number of carbonyl (C=O) groups is 1. The Balaban J connectivity index is 1.59. The molecule has 0 atom stereocenters. The van der Waals surface area contributed by atoms with E-state index in [1.54, 1.807) is 30.5 Å². The fourth-order valence-corrected chi connectivity index (χ4v) is 3.30. The molecule has 0 radical (unpaired) electrons. The van der Waals surface area contributed by atoms with E-state index >= 15 is 0 Å². The van der Waals surface area contributed by atoms with Crippen molar-refractivity contribution in [3.05, 3.63) is 101 Å². The average molecular weight is 490 g/mol.